The fraction of sp³-hybridized carbons (Fsp3) is 0.455. The molecule has 2 aliphatic rings. The highest BCUT2D eigenvalue weighted by molar-refractivity contribution is 5.54. The number of hydrogen-bond acceptors (Lipinski definition) is 2. The van der Waals surface area contributed by atoms with E-state index in [1.165, 1.54) is 5.56 Å². The van der Waals surface area contributed by atoms with Gasteiger partial charge in [0.1, 0.15) is 11.4 Å². The van der Waals surface area contributed by atoms with Gasteiger partial charge in [0.25, 0.3) is 0 Å². The lowest BCUT2D eigenvalue weighted by molar-refractivity contribution is 0.199. The zero-order chi connectivity index (χ0) is 9.10. The van der Waals surface area contributed by atoms with Crippen LogP contribution in [0.5, 0.6) is 5.75 Å². The van der Waals surface area contributed by atoms with Crippen LogP contribution in [0.2, 0.25) is 0 Å². The average molecular weight is 175 g/mol. The average Bonchev–Trinajstić information content (AvgIpc) is 2.66. The fourth-order valence-electron chi connectivity index (χ4n) is 2.64. The van der Waals surface area contributed by atoms with Gasteiger partial charge in [-0.2, -0.15) is 0 Å². The van der Waals surface area contributed by atoms with Crippen molar-refractivity contribution >= 4 is 0 Å². The minimum absolute atomic E-state index is 0.00850. The van der Waals surface area contributed by atoms with E-state index >= 15 is 0 Å². The zero-order valence-electron chi connectivity index (χ0n) is 7.71. The molecule has 0 amide bonds. The number of benzene rings is 1. The van der Waals surface area contributed by atoms with Crippen molar-refractivity contribution in [1.29, 1.82) is 0 Å². The predicted octanol–water partition coefficient (Wildman–Crippen LogP) is 1.44. The van der Waals surface area contributed by atoms with Crippen molar-refractivity contribution in [2.45, 2.75) is 24.4 Å². The number of nitrogens with two attached hydrogens (primary N) is 1. The van der Waals surface area contributed by atoms with Crippen LogP contribution in [0.25, 0.3) is 0 Å². The van der Waals surface area contributed by atoms with Crippen molar-refractivity contribution in [3.05, 3.63) is 29.8 Å². The Morgan fingerprint density at radius 2 is 2.23 bits per heavy atom. The normalized spacial score (nSPS) is 39.2. The first-order valence-electron chi connectivity index (χ1n) is 4.70. The van der Waals surface area contributed by atoms with Crippen LogP contribution in [0, 0.1) is 0 Å². The van der Waals surface area contributed by atoms with Crippen molar-refractivity contribution in [3.8, 4) is 5.75 Å². The molecular weight excluding hydrogens is 162 g/mol. The smallest absolute Gasteiger partial charge is 0.124 e. The van der Waals surface area contributed by atoms with Gasteiger partial charge in [0.2, 0.25) is 0 Å². The molecule has 1 aromatic carbocycles. The molecule has 68 valence electrons. The molecule has 2 N–H and O–H groups in total. The van der Waals surface area contributed by atoms with Crippen molar-refractivity contribution in [2.24, 2.45) is 5.73 Å². The van der Waals surface area contributed by atoms with Crippen LogP contribution in [0.3, 0.4) is 0 Å². The van der Waals surface area contributed by atoms with E-state index < -0.39 is 0 Å². The van der Waals surface area contributed by atoms with Gasteiger partial charge in [0.05, 0.1) is 5.41 Å². The summed E-state index contributed by atoms with van der Waals surface area (Å²) in [5.41, 5.74) is 7.26. The zero-order valence-corrected chi connectivity index (χ0v) is 7.71. The molecule has 0 aromatic heterocycles. The van der Waals surface area contributed by atoms with Gasteiger partial charge in [-0.3, -0.25) is 0 Å². The Bertz CT molecular complexity index is 376. The van der Waals surface area contributed by atoms with E-state index in [4.69, 9.17) is 10.5 Å². The third kappa shape index (κ3) is 0.647. The van der Waals surface area contributed by atoms with Crippen LogP contribution in [-0.4, -0.2) is 12.1 Å². The molecule has 1 aromatic rings. The molecule has 13 heavy (non-hydrogen) atoms. The highest BCUT2D eigenvalue weighted by atomic mass is 16.5. The van der Waals surface area contributed by atoms with Crippen molar-refractivity contribution in [1.82, 2.24) is 0 Å². The molecule has 1 fully saturated rings. The summed E-state index contributed by atoms with van der Waals surface area (Å²) < 4.78 is 5.88. The van der Waals surface area contributed by atoms with E-state index in [0.717, 1.165) is 12.2 Å². The van der Waals surface area contributed by atoms with E-state index in [9.17, 15) is 0 Å². The fourth-order valence-corrected chi connectivity index (χ4v) is 2.64. The SMILES string of the molecule is CC12CC1(CN)c1ccccc1O2. The highest BCUT2D eigenvalue weighted by Gasteiger charge is 2.71. The van der Waals surface area contributed by atoms with Gasteiger partial charge in [-0.05, 0) is 13.0 Å². The summed E-state index contributed by atoms with van der Waals surface area (Å²) in [4.78, 5) is 0. The molecule has 1 aliphatic carbocycles. The summed E-state index contributed by atoms with van der Waals surface area (Å²) in [7, 11) is 0. The molecule has 0 bridgehead atoms. The maximum absolute atomic E-state index is 5.88. The van der Waals surface area contributed by atoms with Crippen LogP contribution in [0.15, 0.2) is 24.3 Å². The van der Waals surface area contributed by atoms with Crippen molar-refractivity contribution < 1.29 is 4.74 Å². The molecule has 0 spiro atoms. The Labute approximate surface area is 77.7 Å². The quantitative estimate of drug-likeness (QED) is 0.701. The second-order valence-corrected chi connectivity index (χ2v) is 4.29. The minimum atomic E-state index is -0.00850. The Kier molecular flexibility index (Phi) is 1.08. The summed E-state index contributed by atoms with van der Waals surface area (Å²) in [6.07, 6.45) is 1.08. The van der Waals surface area contributed by atoms with E-state index in [-0.39, 0.29) is 11.0 Å². The molecular formula is C11H13NO. The first kappa shape index (κ1) is 7.39. The van der Waals surface area contributed by atoms with E-state index in [1.54, 1.807) is 0 Å². The monoisotopic (exact) mass is 175 g/mol. The van der Waals surface area contributed by atoms with Gasteiger partial charge in [0, 0.05) is 18.5 Å². The first-order valence-corrected chi connectivity index (χ1v) is 4.70. The van der Waals surface area contributed by atoms with Crippen LogP contribution in [0.4, 0.5) is 0 Å². The minimum Gasteiger partial charge on any atom is -0.486 e. The second kappa shape index (κ2) is 1.90. The van der Waals surface area contributed by atoms with E-state index in [1.807, 2.05) is 12.1 Å². The number of rotatable bonds is 1. The summed E-state index contributed by atoms with van der Waals surface area (Å²) in [5.74, 6) is 1.03. The molecule has 0 saturated heterocycles. The molecule has 2 heteroatoms. The first-order chi connectivity index (χ1) is 6.22. The molecule has 1 saturated carbocycles. The van der Waals surface area contributed by atoms with Gasteiger partial charge in [-0.1, -0.05) is 18.2 Å². The Morgan fingerprint density at radius 3 is 3.00 bits per heavy atom. The van der Waals surface area contributed by atoms with Crippen molar-refractivity contribution in [3.63, 3.8) is 0 Å². The van der Waals surface area contributed by atoms with Gasteiger partial charge < -0.3 is 10.5 Å². The molecule has 2 nitrogen and oxygen atoms in total. The summed E-state index contributed by atoms with van der Waals surface area (Å²) >= 11 is 0. The Morgan fingerprint density at radius 1 is 1.46 bits per heavy atom. The molecule has 1 heterocycles. The largest absolute Gasteiger partial charge is 0.486 e. The van der Waals surface area contributed by atoms with Crippen LogP contribution >= 0.6 is 0 Å². The maximum Gasteiger partial charge on any atom is 0.124 e. The lowest BCUT2D eigenvalue weighted by Gasteiger charge is -2.09. The molecule has 1 aliphatic heterocycles. The molecule has 2 atom stereocenters. The van der Waals surface area contributed by atoms with Crippen LogP contribution < -0.4 is 10.5 Å². The summed E-state index contributed by atoms with van der Waals surface area (Å²) in [6, 6.07) is 8.24. The molecule has 2 unspecified atom stereocenters. The van der Waals surface area contributed by atoms with E-state index in [0.29, 0.717) is 6.54 Å². The Hall–Kier alpha value is -1.02. The number of ether oxygens (including phenoxy) is 1. The van der Waals surface area contributed by atoms with Crippen molar-refractivity contribution in [2.75, 3.05) is 6.54 Å². The van der Waals surface area contributed by atoms with Gasteiger partial charge in [-0.15, -0.1) is 0 Å². The standard InChI is InChI=1S/C11H13NO/c1-10-6-11(10,7-12)8-4-2-3-5-9(8)13-10/h2-5H,6-7,12H2,1H3. The predicted molar refractivity (Wildman–Crippen MR) is 50.8 cm³/mol. The van der Waals surface area contributed by atoms with Gasteiger partial charge in [-0.25, -0.2) is 0 Å². The maximum atomic E-state index is 5.88. The number of hydrogen-bond donors (Lipinski definition) is 1. The summed E-state index contributed by atoms with van der Waals surface area (Å²) in [5, 5.41) is 0. The van der Waals surface area contributed by atoms with Crippen LogP contribution in [-0.2, 0) is 5.41 Å². The summed E-state index contributed by atoms with van der Waals surface area (Å²) in [6.45, 7) is 2.85. The lowest BCUT2D eigenvalue weighted by Crippen LogP contribution is -2.27. The van der Waals surface area contributed by atoms with Gasteiger partial charge >= 0.3 is 0 Å². The highest BCUT2D eigenvalue weighted by Crippen LogP contribution is 2.65. The topological polar surface area (TPSA) is 35.2 Å². The third-order valence-corrected chi connectivity index (χ3v) is 3.61. The van der Waals surface area contributed by atoms with Crippen LogP contribution in [0.1, 0.15) is 18.9 Å². The molecule has 0 radical (unpaired) electrons. The Balaban J connectivity index is 2.19. The third-order valence-electron chi connectivity index (χ3n) is 3.61. The molecule has 3 rings (SSSR count). The number of fused-ring (bicyclic) bond motifs is 3. The van der Waals surface area contributed by atoms with Gasteiger partial charge in [0.15, 0.2) is 0 Å². The second-order valence-electron chi connectivity index (χ2n) is 4.29. The van der Waals surface area contributed by atoms with E-state index in [2.05, 4.69) is 19.1 Å². The lowest BCUT2D eigenvalue weighted by atomic mass is 9.94. The number of para-hydroxylation sites is 1.